The van der Waals surface area contributed by atoms with Gasteiger partial charge in [-0.15, -0.1) is 0 Å². The van der Waals surface area contributed by atoms with Crippen molar-refractivity contribution in [3.8, 4) is 0 Å². The normalized spacial score (nSPS) is 59.4. The van der Waals surface area contributed by atoms with Gasteiger partial charge in [-0.2, -0.15) is 0 Å². The smallest absolute Gasteiger partial charge is 0.136 e. The predicted octanol–water partition coefficient (Wildman–Crippen LogP) is 2.01. The number of Topliss-reactive ketones (excluding diaryl/α,β-unsaturated/α-hetero) is 1. The van der Waals surface area contributed by atoms with Crippen molar-refractivity contribution in [1.82, 2.24) is 0 Å². The molecule has 0 unspecified atom stereocenters. The minimum absolute atomic E-state index is 0.484. The Morgan fingerprint density at radius 3 is 3.00 bits per heavy atom. The summed E-state index contributed by atoms with van der Waals surface area (Å²) in [6, 6.07) is 0. The van der Waals surface area contributed by atoms with Gasteiger partial charge in [0.2, 0.25) is 0 Å². The van der Waals surface area contributed by atoms with Crippen LogP contribution >= 0.6 is 0 Å². The molecule has 0 radical (unpaired) electrons. The van der Waals surface area contributed by atoms with Crippen molar-refractivity contribution >= 4 is 5.78 Å². The lowest BCUT2D eigenvalue weighted by Crippen LogP contribution is -2.18. The molecule has 0 aromatic heterocycles. The third-order valence-electron chi connectivity index (χ3n) is 4.39. The second-order valence-corrected chi connectivity index (χ2v) is 4.81. The van der Waals surface area contributed by atoms with Gasteiger partial charge in [0.25, 0.3) is 0 Å². The average Bonchev–Trinajstić information content (AvgIpc) is 2.46. The van der Waals surface area contributed by atoms with Gasteiger partial charge in [0, 0.05) is 12.3 Å². The topological polar surface area (TPSA) is 17.1 Å². The van der Waals surface area contributed by atoms with Crippen molar-refractivity contribution in [3.63, 3.8) is 0 Å². The summed E-state index contributed by atoms with van der Waals surface area (Å²) in [7, 11) is 0. The largest absolute Gasteiger partial charge is 0.299 e. The third kappa shape index (κ3) is 0.533. The van der Waals surface area contributed by atoms with Crippen LogP contribution in [0.15, 0.2) is 0 Å². The summed E-state index contributed by atoms with van der Waals surface area (Å²) >= 11 is 0. The Kier molecular flexibility index (Phi) is 0.875. The molecule has 0 amide bonds. The van der Waals surface area contributed by atoms with Crippen LogP contribution in [0.2, 0.25) is 0 Å². The lowest BCUT2D eigenvalue weighted by Gasteiger charge is -2.18. The minimum atomic E-state index is 0.484. The molecule has 0 aliphatic heterocycles. The molecular formula is C10H14O. The van der Waals surface area contributed by atoms with Crippen LogP contribution in [0, 0.1) is 23.2 Å². The van der Waals surface area contributed by atoms with Crippen LogP contribution in [-0.2, 0) is 4.79 Å². The van der Waals surface area contributed by atoms with Crippen molar-refractivity contribution in [2.45, 2.75) is 32.6 Å². The molecular weight excluding hydrogens is 136 g/mol. The van der Waals surface area contributed by atoms with Crippen LogP contribution in [0.3, 0.4) is 0 Å². The van der Waals surface area contributed by atoms with E-state index in [1.807, 2.05) is 0 Å². The molecule has 3 rings (SSSR count). The van der Waals surface area contributed by atoms with E-state index in [1.165, 1.54) is 19.3 Å². The number of ketones is 1. The van der Waals surface area contributed by atoms with Crippen LogP contribution in [-0.4, -0.2) is 5.78 Å². The highest BCUT2D eigenvalue weighted by Crippen LogP contribution is 2.73. The zero-order valence-electron chi connectivity index (χ0n) is 6.97. The molecule has 0 bridgehead atoms. The van der Waals surface area contributed by atoms with Gasteiger partial charge in [-0.3, -0.25) is 4.79 Å². The van der Waals surface area contributed by atoms with Crippen molar-refractivity contribution in [1.29, 1.82) is 0 Å². The molecule has 0 heterocycles. The van der Waals surface area contributed by atoms with E-state index in [-0.39, 0.29) is 0 Å². The summed E-state index contributed by atoms with van der Waals surface area (Å²) < 4.78 is 0. The fourth-order valence-corrected chi connectivity index (χ4v) is 3.78. The van der Waals surface area contributed by atoms with Crippen molar-refractivity contribution in [2.75, 3.05) is 0 Å². The van der Waals surface area contributed by atoms with E-state index in [9.17, 15) is 4.79 Å². The van der Waals surface area contributed by atoms with E-state index in [2.05, 4.69) is 6.92 Å². The molecule has 0 saturated heterocycles. The summed E-state index contributed by atoms with van der Waals surface area (Å²) in [5.41, 5.74) is 0.484. The molecule has 3 aliphatic carbocycles. The Labute approximate surface area is 67.2 Å². The maximum atomic E-state index is 11.4. The number of carbonyl (C=O) groups is 1. The highest BCUT2D eigenvalue weighted by molar-refractivity contribution is 5.86. The zero-order chi connectivity index (χ0) is 7.64. The second-order valence-electron chi connectivity index (χ2n) is 4.81. The van der Waals surface area contributed by atoms with Gasteiger partial charge < -0.3 is 0 Å². The molecule has 11 heavy (non-hydrogen) atoms. The fraction of sp³-hybridized carbons (Fsp3) is 0.900. The van der Waals surface area contributed by atoms with E-state index in [4.69, 9.17) is 0 Å². The molecule has 0 N–H and O–H groups in total. The third-order valence-corrected chi connectivity index (χ3v) is 4.39. The van der Waals surface area contributed by atoms with Crippen LogP contribution in [0.1, 0.15) is 32.6 Å². The van der Waals surface area contributed by atoms with Crippen LogP contribution in [0.5, 0.6) is 0 Å². The van der Waals surface area contributed by atoms with Gasteiger partial charge in [0.05, 0.1) is 0 Å². The summed E-state index contributed by atoms with van der Waals surface area (Å²) in [4.78, 5) is 11.4. The lowest BCUT2D eigenvalue weighted by atomic mass is 9.85. The number of carbonyl (C=O) groups excluding carboxylic acids is 1. The van der Waals surface area contributed by atoms with Crippen LogP contribution < -0.4 is 0 Å². The summed E-state index contributed by atoms with van der Waals surface area (Å²) in [6.07, 6.45) is 4.83. The van der Waals surface area contributed by atoms with Gasteiger partial charge in [0.1, 0.15) is 5.78 Å². The van der Waals surface area contributed by atoms with Crippen molar-refractivity contribution in [2.24, 2.45) is 23.2 Å². The standard InChI is InChI=1S/C10H14O/c1-10-5-4-6-2-3-7(11)9(10)8(6)10/h6,8-9H,2-5H2,1H3/t6-,8+,9-,10+/m1/s1. The molecule has 3 saturated carbocycles. The van der Waals surface area contributed by atoms with E-state index in [1.54, 1.807) is 0 Å². The van der Waals surface area contributed by atoms with E-state index in [0.29, 0.717) is 17.1 Å². The SMILES string of the molecule is C[C@@]12CC[C@H]3CCC(=O)[C@@H]1[C@H]32. The molecule has 0 aromatic rings. The Hall–Kier alpha value is -0.330. The number of rotatable bonds is 0. The predicted molar refractivity (Wildman–Crippen MR) is 42.1 cm³/mol. The van der Waals surface area contributed by atoms with E-state index < -0.39 is 0 Å². The van der Waals surface area contributed by atoms with Gasteiger partial charge in [-0.1, -0.05) is 6.92 Å². The molecule has 0 aromatic carbocycles. The first-order chi connectivity index (χ1) is 5.23. The van der Waals surface area contributed by atoms with Crippen LogP contribution in [0.4, 0.5) is 0 Å². The van der Waals surface area contributed by atoms with Gasteiger partial charge in [-0.05, 0) is 36.5 Å². The Morgan fingerprint density at radius 2 is 2.27 bits per heavy atom. The lowest BCUT2D eigenvalue weighted by molar-refractivity contribution is -0.123. The first-order valence-corrected chi connectivity index (χ1v) is 4.76. The minimum Gasteiger partial charge on any atom is -0.299 e. The molecule has 3 fully saturated rings. The first kappa shape index (κ1) is 6.22. The molecule has 60 valence electrons. The fourth-order valence-electron chi connectivity index (χ4n) is 3.78. The second kappa shape index (κ2) is 1.55. The van der Waals surface area contributed by atoms with E-state index in [0.717, 1.165) is 18.3 Å². The first-order valence-electron chi connectivity index (χ1n) is 4.76. The Morgan fingerprint density at radius 1 is 1.45 bits per heavy atom. The zero-order valence-corrected chi connectivity index (χ0v) is 6.97. The number of hydrogen-bond donors (Lipinski definition) is 0. The summed E-state index contributed by atoms with van der Waals surface area (Å²) in [5.74, 6) is 2.84. The highest BCUT2D eigenvalue weighted by atomic mass is 16.1. The van der Waals surface area contributed by atoms with Gasteiger partial charge >= 0.3 is 0 Å². The quantitative estimate of drug-likeness (QED) is 0.516. The van der Waals surface area contributed by atoms with Gasteiger partial charge in [0.15, 0.2) is 0 Å². The highest BCUT2D eigenvalue weighted by Gasteiger charge is 2.70. The van der Waals surface area contributed by atoms with Gasteiger partial charge in [-0.25, -0.2) is 0 Å². The van der Waals surface area contributed by atoms with Crippen molar-refractivity contribution < 1.29 is 4.79 Å². The maximum Gasteiger partial charge on any atom is 0.136 e. The summed E-state index contributed by atoms with van der Waals surface area (Å²) in [5, 5.41) is 0. The molecule has 0 spiro atoms. The van der Waals surface area contributed by atoms with E-state index >= 15 is 0 Å². The molecule has 4 atom stereocenters. The number of fused-ring (bicyclic) bond motifs is 1. The number of hydrogen-bond acceptors (Lipinski definition) is 1. The molecule has 1 heteroatoms. The van der Waals surface area contributed by atoms with Crippen LogP contribution in [0.25, 0.3) is 0 Å². The Balaban J connectivity index is 1.99. The Bertz CT molecular complexity index is 233. The average molecular weight is 150 g/mol. The molecule has 1 nitrogen and oxygen atoms in total. The monoisotopic (exact) mass is 150 g/mol. The maximum absolute atomic E-state index is 11.4. The molecule has 3 aliphatic rings. The van der Waals surface area contributed by atoms with Crippen molar-refractivity contribution in [3.05, 3.63) is 0 Å². The summed E-state index contributed by atoms with van der Waals surface area (Å²) in [6.45, 7) is 2.32.